The van der Waals surface area contributed by atoms with Crippen LogP contribution in [0.25, 0.3) is 0 Å². The quantitative estimate of drug-likeness (QED) is 0.331. The average Bonchev–Trinajstić information content (AvgIpc) is 2.98. The van der Waals surface area contributed by atoms with Crippen molar-refractivity contribution in [2.24, 2.45) is 10.7 Å². The molecule has 21 heavy (non-hydrogen) atoms. The van der Waals surface area contributed by atoms with E-state index in [0.717, 1.165) is 30.9 Å². The first-order valence-electron chi connectivity index (χ1n) is 7.21. The molecule has 5 nitrogen and oxygen atoms in total. The van der Waals surface area contributed by atoms with E-state index in [1.54, 1.807) is 7.11 Å². The number of anilines is 1. The Morgan fingerprint density at radius 1 is 1.29 bits per heavy atom. The number of nitrogens with two attached hydrogens (primary N) is 1. The number of likely N-dealkylation sites (tertiary alicyclic amines) is 1. The van der Waals surface area contributed by atoms with E-state index in [2.05, 4.69) is 15.2 Å². The first kappa shape index (κ1) is 18.0. The van der Waals surface area contributed by atoms with Gasteiger partial charge in [-0.05, 0) is 63.2 Å². The minimum atomic E-state index is 0. The highest BCUT2D eigenvalue weighted by Crippen LogP contribution is 2.14. The van der Waals surface area contributed by atoms with Gasteiger partial charge >= 0.3 is 0 Å². The Balaban J connectivity index is 0.00000220. The lowest BCUT2D eigenvalue weighted by molar-refractivity contribution is 0.336. The predicted molar refractivity (Wildman–Crippen MR) is 98.8 cm³/mol. The fourth-order valence-corrected chi connectivity index (χ4v) is 2.36. The fourth-order valence-electron chi connectivity index (χ4n) is 2.36. The van der Waals surface area contributed by atoms with E-state index in [1.807, 2.05) is 24.3 Å². The minimum absolute atomic E-state index is 0. The summed E-state index contributed by atoms with van der Waals surface area (Å²) < 4.78 is 5.11. The lowest BCUT2D eigenvalue weighted by atomic mass is 10.3. The molecule has 1 fully saturated rings. The van der Waals surface area contributed by atoms with Crippen LogP contribution in [0, 0.1) is 0 Å². The Hall–Kier alpha value is -1.02. The van der Waals surface area contributed by atoms with Crippen LogP contribution in [0.4, 0.5) is 5.69 Å². The summed E-state index contributed by atoms with van der Waals surface area (Å²) >= 11 is 0. The Labute approximate surface area is 144 Å². The molecule has 6 heteroatoms. The molecule has 1 aliphatic rings. The van der Waals surface area contributed by atoms with Crippen LogP contribution in [0.1, 0.15) is 19.3 Å². The molecule has 118 valence electrons. The maximum absolute atomic E-state index is 5.86. The van der Waals surface area contributed by atoms with Gasteiger partial charge in [-0.2, -0.15) is 0 Å². The number of halogens is 1. The normalized spacial score (nSPS) is 15.6. The summed E-state index contributed by atoms with van der Waals surface area (Å²) in [4.78, 5) is 6.84. The maximum Gasteiger partial charge on any atom is 0.193 e. The van der Waals surface area contributed by atoms with E-state index >= 15 is 0 Å². The number of benzene rings is 1. The van der Waals surface area contributed by atoms with Crippen LogP contribution >= 0.6 is 24.0 Å². The Morgan fingerprint density at radius 2 is 1.95 bits per heavy atom. The molecule has 0 bridgehead atoms. The molecule has 0 radical (unpaired) electrons. The molecule has 0 unspecified atom stereocenters. The summed E-state index contributed by atoms with van der Waals surface area (Å²) in [5.41, 5.74) is 6.79. The van der Waals surface area contributed by atoms with Crippen LogP contribution in [0.3, 0.4) is 0 Å². The SMILES string of the molecule is COc1ccc(NC(N)=NCCCN2CCCC2)cc1.I. The van der Waals surface area contributed by atoms with Crippen LogP contribution < -0.4 is 15.8 Å². The molecular weight excluding hydrogens is 379 g/mol. The molecule has 0 aromatic heterocycles. The standard InChI is InChI=1S/C15H24N4O.HI/c1-20-14-7-5-13(6-8-14)18-15(16)17-9-4-12-19-10-2-3-11-19;/h5-8H,2-4,9-12H2,1H3,(H3,16,17,18);1H. The topological polar surface area (TPSA) is 62.9 Å². The van der Waals surface area contributed by atoms with Crippen molar-refractivity contribution in [3.8, 4) is 5.75 Å². The van der Waals surface area contributed by atoms with E-state index in [0.29, 0.717) is 5.96 Å². The number of aliphatic imine (C=N–C) groups is 1. The van der Waals surface area contributed by atoms with E-state index in [-0.39, 0.29) is 24.0 Å². The van der Waals surface area contributed by atoms with E-state index in [4.69, 9.17) is 10.5 Å². The van der Waals surface area contributed by atoms with Crippen molar-refractivity contribution in [3.63, 3.8) is 0 Å². The molecule has 1 aromatic rings. The Kier molecular flexibility index (Phi) is 8.44. The molecule has 1 heterocycles. The molecule has 1 saturated heterocycles. The van der Waals surface area contributed by atoms with Crippen molar-refractivity contribution >= 4 is 35.6 Å². The van der Waals surface area contributed by atoms with Gasteiger partial charge in [-0.15, -0.1) is 24.0 Å². The third-order valence-electron chi connectivity index (χ3n) is 3.48. The van der Waals surface area contributed by atoms with Gasteiger partial charge in [0.1, 0.15) is 5.75 Å². The second-order valence-electron chi connectivity index (χ2n) is 5.02. The summed E-state index contributed by atoms with van der Waals surface area (Å²) in [5.74, 6) is 1.30. The van der Waals surface area contributed by atoms with E-state index in [1.165, 1.54) is 25.9 Å². The van der Waals surface area contributed by atoms with Crippen LogP contribution in [-0.2, 0) is 0 Å². The number of hydrogen-bond donors (Lipinski definition) is 2. The van der Waals surface area contributed by atoms with Crippen molar-refractivity contribution in [2.45, 2.75) is 19.3 Å². The fraction of sp³-hybridized carbons (Fsp3) is 0.533. The third-order valence-corrected chi connectivity index (χ3v) is 3.48. The largest absolute Gasteiger partial charge is 0.497 e. The first-order chi connectivity index (χ1) is 9.78. The zero-order valence-corrected chi connectivity index (χ0v) is 14.9. The number of ether oxygens (including phenoxy) is 1. The number of hydrogen-bond acceptors (Lipinski definition) is 3. The molecule has 1 aliphatic heterocycles. The molecule has 0 saturated carbocycles. The lowest BCUT2D eigenvalue weighted by Crippen LogP contribution is -2.24. The maximum atomic E-state index is 5.86. The zero-order valence-electron chi connectivity index (χ0n) is 12.5. The van der Waals surface area contributed by atoms with Gasteiger partial charge in [0.15, 0.2) is 5.96 Å². The van der Waals surface area contributed by atoms with Gasteiger partial charge in [-0.25, -0.2) is 0 Å². The highest BCUT2D eigenvalue weighted by molar-refractivity contribution is 14.0. The number of rotatable bonds is 6. The van der Waals surface area contributed by atoms with Gasteiger partial charge in [0.25, 0.3) is 0 Å². The second-order valence-corrected chi connectivity index (χ2v) is 5.02. The number of guanidine groups is 1. The monoisotopic (exact) mass is 404 g/mol. The molecule has 0 amide bonds. The minimum Gasteiger partial charge on any atom is -0.497 e. The molecule has 1 aromatic carbocycles. The molecule has 0 aliphatic carbocycles. The molecular formula is C15H25IN4O. The van der Waals surface area contributed by atoms with Crippen LogP contribution in [0.15, 0.2) is 29.3 Å². The highest BCUT2D eigenvalue weighted by Gasteiger charge is 2.09. The molecule has 3 N–H and O–H groups in total. The van der Waals surface area contributed by atoms with Crippen molar-refractivity contribution in [1.82, 2.24) is 4.90 Å². The van der Waals surface area contributed by atoms with Crippen molar-refractivity contribution in [2.75, 3.05) is 38.6 Å². The predicted octanol–water partition coefficient (Wildman–Crippen LogP) is 2.53. The first-order valence-corrected chi connectivity index (χ1v) is 7.21. The number of methoxy groups -OCH3 is 1. The van der Waals surface area contributed by atoms with Gasteiger partial charge in [0.2, 0.25) is 0 Å². The summed E-state index contributed by atoms with van der Waals surface area (Å²) in [7, 11) is 1.65. The second kappa shape index (κ2) is 9.83. The van der Waals surface area contributed by atoms with Crippen LogP contribution in [0.5, 0.6) is 5.75 Å². The Bertz CT molecular complexity index is 430. The number of nitrogens with zero attached hydrogens (tertiary/aromatic N) is 2. The summed E-state index contributed by atoms with van der Waals surface area (Å²) in [6.07, 6.45) is 3.74. The summed E-state index contributed by atoms with van der Waals surface area (Å²) in [6.45, 7) is 4.37. The Morgan fingerprint density at radius 3 is 2.57 bits per heavy atom. The zero-order chi connectivity index (χ0) is 14.2. The van der Waals surface area contributed by atoms with Crippen LogP contribution in [-0.4, -0.2) is 44.1 Å². The lowest BCUT2D eigenvalue weighted by Gasteiger charge is -2.13. The summed E-state index contributed by atoms with van der Waals surface area (Å²) in [5, 5.41) is 3.08. The van der Waals surface area contributed by atoms with Crippen molar-refractivity contribution in [1.29, 1.82) is 0 Å². The highest BCUT2D eigenvalue weighted by atomic mass is 127. The third kappa shape index (κ3) is 6.52. The van der Waals surface area contributed by atoms with Crippen LogP contribution in [0.2, 0.25) is 0 Å². The molecule has 2 rings (SSSR count). The average molecular weight is 404 g/mol. The molecule has 0 spiro atoms. The van der Waals surface area contributed by atoms with Gasteiger partial charge in [0, 0.05) is 12.2 Å². The molecule has 0 atom stereocenters. The van der Waals surface area contributed by atoms with Gasteiger partial charge in [0.05, 0.1) is 7.11 Å². The van der Waals surface area contributed by atoms with Crippen molar-refractivity contribution < 1.29 is 4.74 Å². The van der Waals surface area contributed by atoms with Gasteiger partial charge in [-0.3, -0.25) is 4.99 Å². The van der Waals surface area contributed by atoms with E-state index in [9.17, 15) is 0 Å². The van der Waals surface area contributed by atoms with Gasteiger partial charge in [-0.1, -0.05) is 0 Å². The number of nitrogens with one attached hydrogen (secondary N) is 1. The summed E-state index contributed by atoms with van der Waals surface area (Å²) in [6, 6.07) is 7.63. The van der Waals surface area contributed by atoms with Crippen molar-refractivity contribution in [3.05, 3.63) is 24.3 Å². The van der Waals surface area contributed by atoms with Gasteiger partial charge < -0.3 is 20.7 Å². The smallest absolute Gasteiger partial charge is 0.193 e. The van der Waals surface area contributed by atoms with E-state index < -0.39 is 0 Å².